The first kappa shape index (κ1) is 17.6. The highest BCUT2D eigenvalue weighted by molar-refractivity contribution is 7.14. The molecule has 2 aliphatic rings. The van der Waals surface area contributed by atoms with Gasteiger partial charge in [-0.15, -0.1) is 11.3 Å². The number of anilines is 1. The zero-order chi connectivity index (χ0) is 19.9. The minimum Gasteiger partial charge on any atom is -0.231 e. The molecule has 0 unspecified atom stereocenters. The molecule has 4 aromatic rings. The first-order chi connectivity index (χ1) is 14.9. The van der Waals surface area contributed by atoms with E-state index in [4.69, 9.17) is 10.1 Å². The molecule has 0 spiro atoms. The first-order valence-electron chi connectivity index (χ1n) is 10.4. The number of nitrogens with zero attached hydrogens (tertiary/aromatic N) is 3. The van der Waals surface area contributed by atoms with Crippen LogP contribution in [0.3, 0.4) is 0 Å². The number of aromatic nitrogens is 1. The fourth-order valence-electron chi connectivity index (χ4n) is 4.72. The molecule has 0 bridgehead atoms. The third-order valence-electron chi connectivity index (χ3n) is 6.13. The van der Waals surface area contributed by atoms with Crippen LogP contribution in [0.2, 0.25) is 0 Å². The maximum atomic E-state index is 5.18. The van der Waals surface area contributed by atoms with Gasteiger partial charge in [0.15, 0.2) is 0 Å². The maximum Gasteiger partial charge on any atom is 0.207 e. The van der Waals surface area contributed by atoms with Crippen molar-refractivity contribution >= 4 is 22.2 Å². The summed E-state index contributed by atoms with van der Waals surface area (Å²) in [4.78, 5) is 4.99. The van der Waals surface area contributed by atoms with Gasteiger partial charge in [0, 0.05) is 22.4 Å². The molecule has 0 saturated carbocycles. The van der Waals surface area contributed by atoms with Gasteiger partial charge in [-0.05, 0) is 24.0 Å². The normalized spacial score (nSPS) is 19.9. The van der Waals surface area contributed by atoms with Crippen LogP contribution in [-0.2, 0) is 6.42 Å². The molecule has 3 nitrogen and oxygen atoms in total. The quantitative estimate of drug-likeness (QED) is 0.396. The number of fused-ring (bicyclic) bond motifs is 3. The Kier molecular flexibility index (Phi) is 4.24. The van der Waals surface area contributed by atoms with Crippen LogP contribution in [0.4, 0.5) is 5.13 Å². The molecule has 6 rings (SSSR count). The van der Waals surface area contributed by atoms with E-state index in [0.29, 0.717) is 5.92 Å². The SMILES string of the molecule is c1ccc(-c2csc(N3N=C4c5ccccc5CC[C@@H]4[C@H]3c3ccccc3)n2)cc1. The number of aryl methyl sites for hydroxylation is 1. The second-order valence-electron chi connectivity index (χ2n) is 7.87. The van der Waals surface area contributed by atoms with Gasteiger partial charge in [-0.3, -0.25) is 0 Å². The summed E-state index contributed by atoms with van der Waals surface area (Å²) in [6.45, 7) is 0. The van der Waals surface area contributed by atoms with E-state index < -0.39 is 0 Å². The van der Waals surface area contributed by atoms with E-state index in [1.54, 1.807) is 11.3 Å². The summed E-state index contributed by atoms with van der Waals surface area (Å²) in [6.07, 6.45) is 2.22. The van der Waals surface area contributed by atoms with Gasteiger partial charge < -0.3 is 0 Å². The van der Waals surface area contributed by atoms with Crippen LogP contribution in [0.25, 0.3) is 11.3 Å². The van der Waals surface area contributed by atoms with Crippen LogP contribution in [0, 0.1) is 5.92 Å². The molecule has 0 N–H and O–H groups in total. The van der Waals surface area contributed by atoms with E-state index in [1.165, 1.54) is 22.4 Å². The molecule has 1 aliphatic heterocycles. The molecule has 1 aromatic heterocycles. The van der Waals surface area contributed by atoms with Crippen molar-refractivity contribution in [1.82, 2.24) is 4.98 Å². The lowest BCUT2D eigenvalue weighted by Crippen LogP contribution is -2.28. The number of hydrazone groups is 1. The Morgan fingerprint density at radius 3 is 2.40 bits per heavy atom. The summed E-state index contributed by atoms with van der Waals surface area (Å²) >= 11 is 1.67. The number of hydrogen-bond acceptors (Lipinski definition) is 4. The van der Waals surface area contributed by atoms with Gasteiger partial charge in [0.2, 0.25) is 5.13 Å². The number of thiazole rings is 1. The van der Waals surface area contributed by atoms with Crippen LogP contribution in [-0.4, -0.2) is 10.7 Å². The van der Waals surface area contributed by atoms with Crippen LogP contribution < -0.4 is 5.01 Å². The van der Waals surface area contributed by atoms with Crippen molar-refractivity contribution in [2.24, 2.45) is 11.0 Å². The van der Waals surface area contributed by atoms with Crippen molar-refractivity contribution in [1.29, 1.82) is 0 Å². The molecule has 146 valence electrons. The van der Waals surface area contributed by atoms with Crippen LogP contribution in [0.5, 0.6) is 0 Å². The van der Waals surface area contributed by atoms with Crippen LogP contribution in [0.15, 0.2) is 95.4 Å². The predicted molar refractivity (Wildman–Crippen MR) is 124 cm³/mol. The molecule has 0 amide bonds. The van der Waals surface area contributed by atoms with E-state index in [-0.39, 0.29) is 6.04 Å². The van der Waals surface area contributed by atoms with Gasteiger partial charge >= 0.3 is 0 Å². The van der Waals surface area contributed by atoms with Gasteiger partial charge in [-0.2, -0.15) is 5.10 Å². The Balaban J connectivity index is 1.46. The lowest BCUT2D eigenvalue weighted by molar-refractivity contribution is 0.509. The summed E-state index contributed by atoms with van der Waals surface area (Å²) < 4.78 is 0. The highest BCUT2D eigenvalue weighted by atomic mass is 32.1. The summed E-state index contributed by atoms with van der Waals surface area (Å²) in [6, 6.07) is 30.1. The molecule has 4 heteroatoms. The van der Waals surface area contributed by atoms with Crippen molar-refractivity contribution < 1.29 is 0 Å². The molecule has 3 aromatic carbocycles. The van der Waals surface area contributed by atoms with Crippen molar-refractivity contribution in [3.8, 4) is 11.3 Å². The highest BCUT2D eigenvalue weighted by Crippen LogP contribution is 2.46. The smallest absolute Gasteiger partial charge is 0.207 e. The third-order valence-corrected chi connectivity index (χ3v) is 6.96. The minimum absolute atomic E-state index is 0.185. The number of benzene rings is 3. The van der Waals surface area contributed by atoms with Gasteiger partial charge in [0.25, 0.3) is 0 Å². The second-order valence-corrected chi connectivity index (χ2v) is 8.71. The standard InChI is InChI=1S/C26H21N3S/c1-3-10-19(11-4-1)23-17-30-26(27-23)29-25(20-12-5-2-6-13-20)22-16-15-18-9-7-8-14-21(18)24(22)28-29/h1-14,17,22,25H,15-16H2/t22-,25+/m0/s1. The molecule has 1 aliphatic carbocycles. The molecular formula is C26H21N3S. The zero-order valence-electron chi connectivity index (χ0n) is 16.5. The van der Waals surface area contributed by atoms with Gasteiger partial charge in [0.1, 0.15) is 0 Å². The molecular weight excluding hydrogens is 386 g/mol. The fraction of sp³-hybridized carbons (Fsp3) is 0.154. The Labute approximate surface area is 180 Å². The van der Waals surface area contributed by atoms with E-state index in [0.717, 1.165) is 29.2 Å². The average Bonchev–Trinajstić information content (AvgIpc) is 3.45. The number of hydrogen-bond donors (Lipinski definition) is 0. The molecule has 2 heterocycles. The van der Waals surface area contributed by atoms with E-state index >= 15 is 0 Å². The second kappa shape index (κ2) is 7.22. The molecule has 0 saturated heterocycles. The topological polar surface area (TPSA) is 28.5 Å². The summed E-state index contributed by atoms with van der Waals surface area (Å²) in [5.74, 6) is 0.381. The third kappa shape index (κ3) is 2.87. The van der Waals surface area contributed by atoms with Gasteiger partial charge in [0.05, 0.1) is 17.4 Å². The van der Waals surface area contributed by atoms with E-state index in [9.17, 15) is 0 Å². The Morgan fingerprint density at radius 1 is 0.833 bits per heavy atom. The zero-order valence-corrected chi connectivity index (χ0v) is 17.3. The molecule has 0 fully saturated rings. The molecule has 30 heavy (non-hydrogen) atoms. The van der Waals surface area contributed by atoms with Gasteiger partial charge in [-0.1, -0.05) is 84.9 Å². The largest absolute Gasteiger partial charge is 0.231 e. The average molecular weight is 408 g/mol. The molecule has 2 atom stereocenters. The van der Waals surface area contributed by atoms with E-state index in [1.807, 2.05) is 6.07 Å². The molecule has 0 radical (unpaired) electrons. The summed E-state index contributed by atoms with van der Waals surface area (Å²) in [7, 11) is 0. The highest BCUT2D eigenvalue weighted by Gasteiger charge is 2.42. The van der Waals surface area contributed by atoms with Crippen molar-refractivity contribution in [3.63, 3.8) is 0 Å². The number of rotatable bonds is 3. The monoisotopic (exact) mass is 407 g/mol. The van der Waals surface area contributed by atoms with Crippen LogP contribution in [0.1, 0.15) is 29.2 Å². The van der Waals surface area contributed by atoms with Crippen molar-refractivity contribution in [2.45, 2.75) is 18.9 Å². The minimum atomic E-state index is 0.185. The summed E-state index contributed by atoms with van der Waals surface area (Å²) in [5, 5.41) is 10.5. The lowest BCUT2D eigenvalue weighted by Gasteiger charge is -2.29. The maximum absolute atomic E-state index is 5.18. The van der Waals surface area contributed by atoms with Crippen molar-refractivity contribution in [3.05, 3.63) is 107 Å². The van der Waals surface area contributed by atoms with Crippen molar-refractivity contribution in [2.75, 3.05) is 5.01 Å². The van der Waals surface area contributed by atoms with Gasteiger partial charge in [-0.25, -0.2) is 9.99 Å². The fourth-order valence-corrected chi connectivity index (χ4v) is 5.54. The Hall–Kier alpha value is -3.24. The Bertz CT molecular complexity index is 1210. The predicted octanol–water partition coefficient (Wildman–Crippen LogP) is 6.34. The summed E-state index contributed by atoms with van der Waals surface area (Å²) in [5.41, 5.74) is 7.38. The van der Waals surface area contributed by atoms with Crippen LogP contribution >= 0.6 is 11.3 Å². The first-order valence-corrected chi connectivity index (χ1v) is 11.3. The Morgan fingerprint density at radius 2 is 1.57 bits per heavy atom. The van der Waals surface area contributed by atoms with E-state index in [2.05, 4.69) is 89.3 Å². The lowest BCUT2D eigenvalue weighted by atomic mass is 9.77.